The molecule has 0 spiro atoms. The maximum Gasteiger partial charge on any atom is 0.244 e. The number of rotatable bonds is 12. The van der Waals surface area contributed by atoms with Crippen LogP contribution in [0.4, 0.5) is 5.69 Å². The zero-order chi connectivity index (χ0) is 30.3. The van der Waals surface area contributed by atoms with Crippen LogP contribution in [-0.4, -0.2) is 57.1 Å². The van der Waals surface area contributed by atoms with Crippen LogP contribution in [0, 0.1) is 0 Å². The van der Waals surface area contributed by atoms with E-state index in [4.69, 9.17) is 27.9 Å². The van der Waals surface area contributed by atoms with Crippen molar-refractivity contribution in [3.05, 3.63) is 94.0 Å². The highest BCUT2D eigenvalue weighted by molar-refractivity contribution is 7.92. The van der Waals surface area contributed by atoms with Crippen molar-refractivity contribution in [2.75, 3.05) is 24.2 Å². The molecule has 0 saturated heterocycles. The van der Waals surface area contributed by atoms with E-state index in [1.807, 2.05) is 36.4 Å². The van der Waals surface area contributed by atoms with Crippen molar-refractivity contribution in [3.8, 4) is 5.75 Å². The first-order valence-corrected chi connectivity index (χ1v) is 16.4. The largest absolute Gasteiger partial charge is 0.497 e. The summed E-state index contributed by atoms with van der Waals surface area (Å²) in [5.41, 5.74) is 1.67. The van der Waals surface area contributed by atoms with Gasteiger partial charge in [0.25, 0.3) is 0 Å². The van der Waals surface area contributed by atoms with Gasteiger partial charge in [-0.3, -0.25) is 13.9 Å². The molecule has 0 aliphatic heterocycles. The topological polar surface area (TPSA) is 96.0 Å². The molecular weight excluding hydrogens is 597 g/mol. The van der Waals surface area contributed by atoms with Crippen LogP contribution >= 0.6 is 23.2 Å². The fourth-order valence-electron chi connectivity index (χ4n) is 5.17. The normalized spacial score (nSPS) is 14.3. The number of nitrogens with zero attached hydrogens (tertiary/aromatic N) is 2. The van der Waals surface area contributed by atoms with Crippen LogP contribution in [0.1, 0.15) is 36.8 Å². The maximum atomic E-state index is 14.2. The van der Waals surface area contributed by atoms with Crippen LogP contribution in [0.5, 0.6) is 5.75 Å². The summed E-state index contributed by atoms with van der Waals surface area (Å²) < 4.78 is 32.3. The summed E-state index contributed by atoms with van der Waals surface area (Å²) in [4.78, 5) is 29.6. The van der Waals surface area contributed by atoms with Gasteiger partial charge in [-0.1, -0.05) is 84.6 Å². The Hall–Kier alpha value is -3.27. The number of anilines is 1. The van der Waals surface area contributed by atoms with Crippen LogP contribution < -0.4 is 14.4 Å². The third-order valence-electron chi connectivity index (χ3n) is 7.34. The smallest absolute Gasteiger partial charge is 0.244 e. The highest BCUT2D eigenvalue weighted by atomic mass is 35.5. The Morgan fingerprint density at radius 2 is 1.64 bits per heavy atom. The lowest BCUT2D eigenvalue weighted by Crippen LogP contribution is -2.54. The van der Waals surface area contributed by atoms with Crippen molar-refractivity contribution in [2.45, 2.75) is 50.7 Å². The molecule has 4 rings (SSSR count). The Bertz CT molecular complexity index is 1500. The maximum absolute atomic E-state index is 14.2. The molecule has 0 bridgehead atoms. The first-order valence-electron chi connectivity index (χ1n) is 13.7. The number of amides is 2. The van der Waals surface area contributed by atoms with Crippen molar-refractivity contribution in [2.24, 2.45) is 0 Å². The molecule has 1 fully saturated rings. The van der Waals surface area contributed by atoms with E-state index in [9.17, 15) is 18.0 Å². The minimum atomic E-state index is -3.97. The third-order valence-corrected chi connectivity index (χ3v) is 9.27. The van der Waals surface area contributed by atoms with Gasteiger partial charge in [0, 0.05) is 19.0 Å². The second kappa shape index (κ2) is 14.3. The van der Waals surface area contributed by atoms with Crippen molar-refractivity contribution < 1.29 is 22.7 Å². The van der Waals surface area contributed by atoms with Gasteiger partial charge in [-0.25, -0.2) is 8.42 Å². The van der Waals surface area contributed by atoms with E-state index in [1.165, 1.54) is 17.0 Å². The van der Waals surface area contributed by atoms with Gasteiger partial charge in [-0.05, 0) is 48.2 Å². The summed E-state index contributed by atoms with van der Waals surface area (Å²) in [6.07, 6.45) is 5.06. The quantitative estimate of drug-likeness (QED) is 0.286. The zero-order valence-corrected chi connectivity index (χ0v) is 26.0. The minimum Gasteiger partial charge on any atom is -0.497 e. The number of ether oxygens (including phenoxy) is 1. The molecule has 3 aromatic carbocycles. The predicted octanol–water partition coefficient (Wildman–Crippen LogP) is 5.47. The second-order valence-corrected chi connectivity index (χ2v) is 13.1. The van der Waals surface area contributed by atoms with E-state index in [0.717, 1.165) is 47.4 Å². The van der Waals surface area contributed by atoms with Gasteiger partial charge in [0.2, 0.25) is 21.8 Å². The molecule has 0 radical (unpaired) electrons. The van der Waals surface area contributed by atoms with Crippen LogP contribution in [0.25, 0.3) is 0 Å². The van der Waals surface area contributed by atoms with E-state index >= 15 is 0 Å². The lowest BCUT2D eigenvalue weighted by Gasteiger charge is -2.34. The summed E-state index contributed by atoms with van der Waals surface area (Å²) in [6, 6.07) is 20.4. The summed E-state index contributed by atoms with van der Waals surface area (Å²) >= 11 is 12.6. The summed E-state index contributed by atoms with van der Waals surface area (Å²) in [6.45, 7) is -0.530. The molecule has 0 aromatic heterocycles. The highest BCUT2D eigenvalue weighted by Gasteiger charge is 2.34. The van der Waals surface area contributed by atoms with Gasteiger partial charge in [0.1, 0.15) is 18.3 Å². The summed E-state index contributed by atoms with van der Waals surface area (Å²) in [7, 11) is -2.42. The fourth-order valence-corrected chi connectivity index (χ4v) is 6.47. The number of benzene rings is 3. The summed E-state index contributed by atoms with van der Waals surface area (Å²) in [5.74, 6) is -0.256. The lowest BCUT2D eigenvalue weighted by molar-refractivity contribution is -0.140. The predicted molar refractivity (Wildman–Crippen MR) is 167 cm³/mol. The molecule has 42 heavy (non-hydrogen) atoms. The number of methoxy groups -OCH3 is 1. The van der Waals surface area contributed by atoms with Gasteiger partial charge in [0.15, 0.2) is 0 Å². The van der Waals surface area contributed by atoms with E-state index < -0.39 is 28.5 Å². The molecular formula is C31H35Cl2N3O5S. The van der Waals surface area contributed by atoms with E-state index in [2.05, 4.69) is 5.32 Å². The minimum absolute atomic E-state index is 0.0107. The lowest BCUT2D eigenvalue weighted by atomic mass is 10.0. The van der Waals surface area contributed by atoms with Crippen LogP contribution in [0.2, 0.25) is 10.0 Å². The number of hydrogen-bond donors (Lipinski definition) is 1. The molecule has 2 amide bonds. The number of halogens is 2. The zero-order valence-electron chi connectivity index (χ0n) is 23.6. The van der Waals surface area contributed by atoms with Crippen molar-refractivity contribution in [1.29, 1.82) is 0 Å². The van der Waals surface area contributed by atoms with E-state index in [0.29, 0.717) is 5.75 Å². The third kappa shape index (κ3) is 8.18. The molecule has 224 valence electrons. The number of carbonyl (C=O) groups excluding carboxylic acids is 2. The summed E-state index contributed by atoms with van der Waals surface area (Å²) in [5, 5.41) is 3.31. The van der Waals surface area contributed by atoms with E-state index in [-0.39, 0.29) is 40.6 Å². The molecule has 1 N–H and O–H groups in total. The number of hydrogen-bond acceptors (Lipinski definition) is 5. The highest BCUT2D eigenvalue weighted by Crippen LogP contribution is 2.34. The Morgan fingerprint density at radius 3 is 2.31 bits per heavy atom. The molecule has 11 heteroatoms. The Morgan fingerprint density at radius 1 is 0.976 bits per heavy atom. The number of sulfonamides is 1. The van der Waals surface area contributed by atoms with Gasteiger partial charge >= 0.3 is 0 Å². The second-order valence-electron chi connectivity index (χ2n) is 10.4. The van der Waals surface area contributed by atoms with Gasteiger partial charge < -0.3 is 15.0 Å². The average molecular weight is 633 g/mol. The number of nitrogens with one attached hydrogen (secondary N) is 1. The van der Waals surface area contributed by atoms with Crippen LogP contribution in [0.15, 0.2) is 72.8 Å². The molecule has 1 saturated carbocycles. The van der Waals surface area contributed by atoms with Gasteiger partial charge in [-0.2, -0.15) is 0 Å². The molecule has 1 atom stereocenters. The SMILES string of the molecule is COc1cccc(CN(C(=O)CN(c2cccc(Cl)c2Cl)S(C)(=O)=O)C(Cc2ccccc2)C(=O)NC2CCCC2)c1. The first kappa shape index (κ1) is 31.7. The first-order chi connectivity index (χ1) is 20.1. The molecule has 3 aromatic rings. The van der Waals surface area contributed by atoms with Crippen molar-refractivity contribution in [3.63, 3.8) is 0 Å². The van der Waals surface area contributed by atoms with E-state index in [1.54, 1.807) is 31.4 Å². The molecule has 1 aliphatic rings. The van der Waals surface area contributed by atoms with Crippen LogP contribution in [-0.2, 0) is 32.6 Å². The monoisotopic (exact) mass is 631 g/mol. The molecule has 8 nitrogen and oxygen atoms in total. The molecule has 1 unspecified atom stereocenters. The molecule has 1 aliphatic carbocycles. The van der Waals surface area contributed by atoms with Gasteiger partial charge in [0.05, 0.1) is 29.1 Å². The Labute approximate surface area is 257 Å². The fraction of sp³-hybridized carbons (Fsp3) is 0.355. The molecule has 0 heterocycles. The standard InChI is InChI=1S/C31H35Cl2N3O5S/c1-41-25-15-8-12-23(18-25)20-35(29(37)21-36(42(2,39)40)27-17-9-16-26(32)30(27)33)28(19-22-10-4-3-5-11-22)31(38)34-24-13-6-7-14-24/h3-5,8-12,15-18,24,28H,6-7,13-14,19-21H2,1-2H3,(H,34,38). The van der Waals surface area contributed by atoms with Crippen LogP contribution in [0.3, 0.4) is 0 Å². The average Bonchev–Trinajstić information content (AvgIpc) is 3.48. The Balaban J connectivity index is 1.75. The van der Waals surface area contributed by atoms with Gasteiger partial charge in [-0.15, -0.1) is 0 Å². The van der Waals surface area contributed by atoms with Crippen molar-refractivity contribution in [1.82, 2.24) is 10.2 Å². The van der Waals surface area contributed by atoms with Crippen molar-refractivity contribution >= 4 is 50.7 Å². The Kier molecular flexibility index (Phi) is 10.8. The number of carbonyl (C=O) groups is 2.